The van der Waals surface area contributed by atoms with Crippen LogP contribution in [0.2, 0.25) is 0 Å². The van der Waals surface area contributed by atoms with Gasteiger partial charge in [-0.2, -0.15) is 0 Å². The summed E-state index contributed by atoms with van der Waals surface area (Å²) in [6.07, 6.45) is 5.46. The minimum Gasteiger partial charge on any atom is -0.478 e. The Kier molecular flexibility index (Phi) is 5.26. The van der Waals surface area contributed by atoms with Gasteiger partial charge in [0.1, 0.15) is 0 Å². The van der Waals surface area contributed by atoms with Crippen LogP contribution in [0.15, 0.2) is 48.8 Å². The molecule has 1 aromatic carbocycles. The molecule has 2 aromatic rings. The number of ether oxygens (including phenoxy) is 1. The van der Waals surface area contributed by atoms with Gasteiger partial charge in [-0.15, -0.1) is 0 Å². The minimum absolute atomic E-state index is 0.294. The summed E-state index contributed by atoms with van der Waals surface area (Å²) in [6.45, 7) is 1.09. The lowest BCUT2D eigenvalue weighted by Gasteiger charge is -2.05. The third-order valence-corrected chi connectivity index (χ3v) is 2.95. The second-order valence-electron chi connectivity index (χ2n) is 4.52. The summed E-state index contributed by atoms with van der Waals surface area (Å²) in [4.78, 5) is 14.8. The Hall–Kier alpha value is -2.20. The van der Waals surface area contributed by atoms with Crippen molar-refractivity contribution < 1.29 is 14.6 Å². The van der Waals surface area contributed by atoms with Gasteiger partial charge in [0.25, 0.3) is 0 Å². The van der Waals surface area contributed by atoms with Gasteiger partial charge in [0.15, 0.2) is 0 Å². The van der Waals surface area contributed by atoms with Crippen LogP contribution < -0.4 is 0 Å². The van der Waals surface area contributed by atoms with Crippen molar-refractivity contribution in [2.75, 3.05) is 6.61 Å². The van der Waals surface area contributed by atoms with Gasteiger partial charge >= 0.3 is 5.97 Å². The maximum Gasteiger partial charge on any atom is 0.335 e. The molecule has 0 amide bonds. The van der Waals surface area contributed by atoms with Gasteiger partial charge in [-0.25, -0.2) is 4.79 Å². The van der Waals surface area contributed by atoms with Crippen LogP contribution >= 0.6 is 0 Å². The highest BCUT2D eigenvalue weighted by Crippen LogP contribution is 2.07. The zero-order chi connectivity index (χ0) is 14.2. The number of hydrogen-bond acceptors (Lipinski definition) is 3. The van der Waals surface area contributed by atoms with Crippen molar-refractivity contribution in [3.05, 3.63) is 65.5 Å². The molecule has 0 aliphatic heterocycles. The van der Waals surface area contributed by atoms with Crippen LogP contribution in [0.25, 0.3) is 0 Å². The molecule has 0 fully saturated rings. The molecule has 0 saturated carbocycles. The number of aromatic carboxylic acids is 1. The largest absolute Gasteiger partial charge is 0.478 e. The van der Waals surface area contributed by atoms with E-state index in [4.69, 9.17) is 9.84 Å². The molecule has 20 heavy (non-hydrogen) atoms. The van der Waals surface area contributed by atoms with E-state index in [1.165, 1.54) is 5.56 Å². The number of benzene rings is 1. The summed E-state index contributed by atoms with van der Waals surface area (Å²) in [5, 5.41) is 8.90. The number of carboxylic acids is 1. The van der Waals surface area contributed by atoms with E-state index >= 15 is 0 Å². The van der Waals surface area contributed by atoms with Gasteiger partial charge in [0, 0.05) is 19.0 Å². The first-order chi connectivity index (χ1) is 9.75. The van der Waals surface area contributed by atoms with Crippen LogP contribution in [0, 0.1) is 0 Å². The molecule has 0 saturated heterocycles. The number of carbonyl (C=O) groups is 1. The standard InChI is InChI=1S/C16H17NO3/c18-16(19)15-5-1-3-14(11-15)12-20-10-2-4-13-6-8-17-9-7-13/h1,3,5-9,11H,2,4,10,12H2,(H,18,19). The molecular weight excluding hydrogens is 254 g/mol. The molecule has 1 N–H and O–H groups in total. The first-order valence-corrected chi connectivity index (χ1v) is 6.54. The van der Waals surface area contributed by atoms with Crippen molar-refractivity contribution >= 4 is 5.97 Å². The van der Waals surface area contributed by atoms with E-state index in [9.17, 15) is 4.79 Å². The van der Waals surface area contributed by atoms with Gasteiger partial charge in [0.2, 0.25) is 0 Å². The number of rotatable bonds is 7. The van der Waals surface area contributed by atoms with E-state index in [2.05, 4.69) is 4.98 Å². The van der Waals surface area contributed by atoms with Gasteiger partial charge in [-0.1, -0.05) is 12.1 Å². The van der Waals surface area contributed by atoms with Crippen LogP contribution in [0.5, 0.6) is 0 Å². The summed E-state index contributed by atoms with van der Waals surface area (Å²) < 4.78 is 5.57. The predicted octanol–water partition coefficient (Wildman–Crippen LogP) is 2.93. The average Bonchev–Trinajstić information content (AvgIpc) is 2.48. The highest BCUT2D eigenvalue weighted by molar-refractivity contribution is 5.87. The van der Waals surface area contributed by atoms with Crippen LogP contribution in [-0.2, 0) is 17.8 Å². The van der Waals surface area contributed by atoms with Gasteiger partial charge < -0.3 is 9.84 Å². The van der Waals surface area contributed by atoms with E-state index in [1.54, 1.807) is 30.6 Å². The highest BCUT2D eigenvalue weighted by atomic mass is 16.5. The summed E-state index contributed by atoms with van der Waals surface area (Å²) in [5.74, 6) is -0.912. The topological polar surface area (TPSA) is 59.4 Å². The molecule has 0 atom stereocenters. The fraction of sp³-hybridized carbons (Fsp3) is 0.250. The molecule has 1 aromatic heterocycles. The zero-order valence-electron chi connectivity index (χ0n) is 11.2. The smallest absolute Gasteiger partial charge is 0.335 e. The molecule has 0 aliphatic rings. The SMILES string of the molecule is O=C(O)c1cccc(COCCCc2ccncc2)c1. The van der Waals surface area contributed by atoms with Crippen molar-refractivity contribution in [2.45, 2.75) is 19.4 Å². The fourth-order valence-corrected chi connectivity index (χ4v) is 1.91. The summed E-state index contributed by atoms with van der Waals surface area (Å²) in [6, 6.07) is 10.8. The molecule has 4 nitrogen and oxygen atoms in total. The van der Waals surface area contributed by atoms with Crippen molar-refractivity contribution in [3.63, 3.8) is 0 Å². The number of nitrogens with zero attached hydrogens (tertiary/aromatic N) is 1. The Balaban J connectivity index is 1.71. The van der Waals surface area contributed by atoms with E-state index < -0.39 is 5.97 Å². The molecule has 0 bridgehead atoms. The molecule has 1 heterocycles. The van der Waals surface area contributed by atoms with E-state index in [1.807, 2.05) is 18.2 Å². The number of aryl methyl sites for hydroxylation is 1. The highest BCUT2D eigenvalue weighted by Gasteiger charge is 2.03. The molecular formula is C16H17NO3. The number of carboxylic acid groups (broad SMARTS) is 1. The molecule has 104 valence electrons. The lowest BCUT2D eigenvalue weighted by Crippen LogP contribution is -2.00. The Morgan fingerprint density at radius 1 is 1.15 bits per heavy atom. The van der Waals surface area contributed by atoms with Crippen molar-refractivity contribution in [1.29, 1.82) is 0 Å². The third-order valence-electron chi connectivity index (χ3n) is 2.95. The van der Waals surface area contributed by atoms with E-state index in [-0.39, 0.29) is 0 Å². The Morgan fingerprint density at radius 2 is 1.95 bits per heavy atom. The second kappa shape index (κ2) is 7.40. The van der Waals surface area contributed by atoms with Gasteiger partial charge in [-0.3, -0.25) is 4.98 Å². The van der Waals surface area contributed by atoms with Crippen molar-refractivity contribution in [1.82, 2.24) is 4.98 Å². The summed E-state index contributed by atoms with van der Waals surface area (Å²) in [7, 11) is 0. The fourth-order valence-electron chi connectivity index (χ4n) is 1.91. The Morgan fingerprint density at radius 3 is 2.70 bits per heavy atom. The predicted molar refractivity (Wildman–Crippen MR) is 75.6 cm³/mol. The normalized spacial score (nSPS) is 10.4. The maximum atomic E-state index is 10.8. The molecule has 0 aliphatic carbocycles. The first-order valence-electron chi connectivity index (χ1n) is 6.54. The van der Waals surface area contributed by atoms with Crippen LogP contribution in [0.1, 0.15) is 27.9 Å². The number of pyridine rings is 1. The molecule has 0 unspecified atom stereocenters. The second-order valence-corrected chi connectivity index (χ2v) is 4.52. The van der Waals surface area contributed by atoms with Crippen LogP contribution in [0.4, 0.5) is 0 Å². The van der Waals surface area contributed by atoms with Crippen molar-refractivity contribution in [2.24, 2.45) is 0 Å². The molecule has 2 rings (SSSR count). The minimum atomic E-state index is -0.912. The lowest BCUT2D eigenvalue weighted by atomic mass is 10.1. The Bertz CT molecular complexity index is 555. The maximum absolute atomic E-state index is 10.8. The summed E-state index contributed by atoms with van der Waals surface area (Å²) >= 11 is 0. The monoisotopic (exact) mass is 271 g/mol. The first kappa shape index (κ1) is 14.2. The van der Waals surface area contributed by atoms with Crippen LogP contribution in [-0.4, -0.2) is 22.7 Å². The molecule has 0 radical (unpaired) electrons. The number of hydrogen-bond donors (Lipinski definition) is 1. The van der Waals surface area contributed by atoms with Gasteiger partial charge in [0.05, 0.1) is 12.2 Å². The third kappa shape index (κ3) is 4.48. The average molecular weight is 271 g/mol. The Labute approximate surface area is 118 Å². The van der Waals surface area contributed by atoms with Crippen molar-refractivity contribution in [3.8, 4) is 0 Å². The van der Waals surface area contributed by atoms with Crippen LogP contribution in [0.3, 0.4) is 0 Å². The van der Waals surface area contributed by atoms with E-state index in [0.29, 0.717) is 18.8 Å². The lowest BCUT2D eigenvalue weighted by molar-refractivity contribution is 0.0696. The molecule has 0 spiro atoms. The van der Waals surface area contributed by atoms with Gasteiger partial charge in [-0.05, 0) is 48.2 Å². The zero-order valence-corrected chi connectivity index (χ0v) is 11.2. The van der Waals surface area contributed by atoms with E-state index in [0.717, 1.165) is 18.4 Å². The molecule has 4 heteroatoms. The summed E-state index contributed by atoms with van der Waals surface area (Å²) in [5.41, 5.74) is 2.42. The number of aromatic nitrogens is 1. The quantitative estimate of drug-likeness (QED) is 0.787.